The highest BCUT2D eigenvalue weighted by atomic mass is 79.9. The molecule has 1 aromatic rings. The molecule has 2 aliphatic rings. The summed E-state index contributed by atoms with van der Waals surface area (Å²) in [5.41, 5.74) is 1.68. The second-order valence-electron chi connectivity index (χ2n) is 5.01. The monoisotopic (exact) mass is 304 g/mol. The lowest BCUT2D eigenvalue weighted by molar-refractivity contribution is -0.120. The lowest BCUT2D eigenvalue weighted by Gasteiger charge is -2.36. The summed E-state index contributed by atoms with van der Waals surface area (Å²) in [4.78, 5) is 13.9. The average Bonchev–Trinajstić information content (AvgIpc) is 2.62. The van der Waals surface area contributed by atoms with E-state index in [1.165, 1.54) is 0 Å². The van der Waals surface area contributed by atoms with Crippen LogP contribution < -0.4 is 4.90 Å². The Hall–Kier alpha value is -1.34. The zero-order valence-corrected chi connectivity index (χ0v) is 11.5. The van der Waals surface area contributed by atoms with Gasteiger partial charge in [0.2, 0.25) is 0 Å². The van der Waals surface area contributed by atoms with Crippen LogP contribution in [-0.4, -0.2) is 17.9 Å². The van der Waals surface area contributed by atoms with E-state index in [9.17, 15) is 10.1 Å². The SMILES string of the molecule is N#Cc1cc(Br)ccc1N1C2CCC1CC(=O)C2. The van der Waals surface area contributed by atoms with Gasteiger partial charge in [0.05, 0.1) is 11.3 Å². The van der Waals surface area contributed by atoms with E-state index in [0.717, 1.165) is 23.0 Å². The number of ketones is 1. The number of anilines is 1. The van der Waals surface area contributed by atoms with E-state index in [1.807, 2.05) is 18.2 Å². The van der Waals surface area contributed by atoms with Crippen LogP contribution in [-0.2, 0) is 4.79 Å². The number of carbonyl (C=O) groups excluding carboxylic acids is 1. The molecule has 2 bridgehead atoms. The standard InChI is InChI=1S/C14H13BrN2O/c15-10-1-4-14(9(5-10)8-16)17-11-2-3-12(17)7-13(18)6-11/h1,4-5,11-12H,2-3,6-7H2. The largest absolute Gasteiger partial charge is 0.364 e. The summed E-state index contributed by atoms with van der Waals surface area (Å²) in [6, 6.07) is 8.66. The molecule has 3 rings (SSSR count). The summed E-state index contributed by atoms with van der Waals surface area (Å²) in [6.45, 7) is 0. The third-order valence-electron chi connectivity index (χ3n) is 3.90. The number of Topliss-reactive ketones (excluding diaryl/α,β-unsaturated/α-hetero) is 1. The van der Waals surface area contributed by atoms with Gasteiger partial charge in [0.15, 0.2) is 0 Å². The van der Waals surface area contributed by atoms with Crippen LogP contribution in [0.5, 0.6) is 0 Å². The summed E-state index contributed by atoms with van der Waals surface area (Å²) < 4.78 is 0.920. The van der Waals surface area contributed by atoms with E-state index in [-0.39, 0.29) is 0 Å². The first-order valence-corrected chi connectivity index (χ1v) is 6.98. The van der Waals surface area contributed by atoms with Gasteiger partial charge in [0.25, 0.3) is 0 Å². The summed E-state index contributed by atoms with van der Waals surface area (Å²) in [7, 11) is 0. The third kappa shape index (κ3) is 1.83. The number of nitrogens with zero attached hydrogens (tertiary/aromatic N) is 2. The van der Waals surface area contributed by atoms with Crippen molar-refractivity contribution in [1.82, 2.24) is 0 Å². The Kier molecular flexibility index (Phi) is 2.87. The molecule has 0 aromatic heterocycles. The van der Waals surface area contributed by atoms with Gasteiger partial charge in [0, 0.05) is 29.4 Å². The number of halogens is 1. The molecule has 92 valence electrons. The summed E-state index contributed by atoms with van der Waals surface area (Å²) in [5.74, 6) is 0.370. The molecule has 2 heterocycles. The summed E-state index contributed by atoms with van der Waals surface area (Å²) in [5, 5.41) is 9.25. The summed E-state index contributed by atoms with van der Waals surface area (Å²) >= 11 is 3.39. The predicted molar refractivity (Wildman–Crippen MR) is 72.4 cm³/mol. The summed E-state index contributed by atoms with van der Waals surface area (Å²) in [6.07, 6.45) is 3.41. The van der Waals surface area contributed by atoms with Crippen molar-refractivity contribution >= 4 is 27.4 Å². The van der Waals surface area contributed by atoms with Crippen LogP contribution in [0.15, 0.2) is 22.7 Å². The molecule has 18 heavy (non-hydrogen) atoms. The molecule has 0 radical (unpaired) electrons. The van der Waals surface area contributed by atoms with E-state index in [4.69, 9.17) is 0 Å². The Balaban J connectivity index is 2.01. The molecule has 2 fully saturated rings. The van der Waals surface area contributed by atoms with Crippen molar-refractivity contribution in [3.05, 3.63) is 28.2 Å². The molecule has 0 saturated carbocycles. The zero-order chi connectivity index (χ0) is 12.7. The molecule has 2 saturated heterocycles. The maximum atomic E-state index is 11.6. The number of fused-ring (bicyclic) bond motifs is 2. The van der Waals surface area contributed by atoms with Crippen molar-refractivity contribution in [2.75, 3.05) is 4.90 Å². The van der Waals surface area contributed by atoms with Crippen LogP contribution in [0.25, 0.3) is 0 Å². The van der Waals surface area contributed by atoms with Crippen molar-refractivity contribution in [2.24, 2.45) is 0 Å². The highest BCUT2D eigenvalue weighted by Gasteiger charge is 2.40. The van der Waals surface area contributed by atoms with E-state index >= 15 is 0 Å². The number of rotatable bonds is 1. The lowest BCUT2D eigenvalue weighted by atomic mass is 9.99. The molecule has 4 heteroatoms. The van der Waals surface area contributed by atoms with Crippen LogP contribution in [0.3, 0.4) is 0 Å². The molecule has 3 nitrogen and oxygen atoms in total. The predicted octanol–water partition coefficient (Wildman–Crippen LogP) is 3.02. The Labute approximate surface area is 115 Å². The van der Waals surface area contributed by atoms with E-state index in [2.05, 4.69) is 26.9 Å². The van der Waals surface area contributed by atoms with Crippen LogP contribution in [0.2, 0.25) is 0 Å². The van der Waals surface area contributed by atoms with Gasteiger partial charge in [-0.1, -0.05) is 15.9 Å². The minimum absolute atomic E-state index is 0.296. The molecule has 0 amide bonds. The minimum atomic E-state index is 0.296. The van der Waals surface area contributed by atoms with E-state index in [1.54, 1.807) is 0 Å². The van der Waals surface area contributed by atoms with Gasteiger partial charge in [0.1, 0.15) is 11.9 Å². The molecule has 2 aliphatic heterocycles. The van der Waals surface area contributed by atoms with Crippen LogP contribution >= 0.6 is 15.9 Å². The maximum Gasteiger partial charge on any atom is 0.137 e. The second-order valence-corrected chi connectivity index (χ2v) is 5.93. The van der Waals surface area contributed by atoms with Gasteiger partial charge in [-0.05, 0) is 31.0 Å². The van der Waals surface area contributed by atoms with Gasteiger partial charge in [-0.25, -0.2) is 0 Å². The van der Waals surface area contributed by atoms with Crippen molar-refractivity contribution in [3.8, 4) is 6.07 Å². The zero-order valence-electron chi connectivity index (χ0n) is 9.90. The molecule has 2 unspecified atom stereocenters. The molecular formula is C14H13BrN2O. The fourth-order valence-electron chi connectivity index (χ4n) is 3.19. The van der Waals surface area contributed by atoms with Crippen molar-refractivity contribution in [2.45, 2.75) is 37.8 Å². The number of hydrogen-bond acceptors (Lipinski definition) is 3. The van der Waals surface area contributed by atoms with Gasteiger partial charge in [-0.3, -0.25) is 4.79 Å². The number of carbonyl (C=O) groups is 1. The van der Waals surface area contributed by atoms with E-state index < -0.39 is 0 Å². The average molecular weight is 305 g/mol. The van der Waals surface area contributed by atoms with Crippen molar-refractivity contribution < 1.29 is 4.79 Å². The molecule has 1 aromatic carbocycles. The van der Waals surface area contributed by atoms with Crippen LogP contribution in [0, 0.1) is 11.3 Å². The van der Waals surface area contributed by atoms with Gasteiger partial charge < -0.3 is 4.90 Å². The molecular weight excluding hydrogens is 292 g/mol. The third-order valence-corrected chi connectivity index (χ3v) is 4.40. The van der Waals surface area contributed by atoms with E-state index in [0.29, 0.717) is 36.3 Å². The first-order chi connectivity index (χ1) is 8.69. The van der Waals surface area contributed by atoms with Gasteiger partial charge in [-0.15, -0.1) is 0 Å². The van der Waals surface area contributed by atoms with Crippen molar-refractivity contribution in [3.63, 3.8) is 0 Å². The quantitative estimate of drug-likeness (QED) is 0.801. The van der Waals surface area contributed by atoms with Crippen LogP contribution in [0.4, 0.5) is 5.69 Å². The fourth-order valence-corrected chi connectivity index (χ4v) is 3.55. The Bertz CT molecular complexity index is 533. The number of benzene rings is 1. The van der Waals surface area contributed by atoms with Gasteiger partial charge in [-0.2, -0.15) is 5.26 Å². The Morgan fingerprint density at radius 2 is 1.94 bits per heavy atom. The van der Waals surface area contributed by atoms with Gasteiger partial charge >= 0.3 is 0 Å². The first-order valence-electron chi connectivity index (χ1n) is 6.18. The molecule has 0 N–H and O–H groups in total. The second kappa shape index (κ2) is 4.40. The smallest absolute Gasteiger partial charge is 0.137 e. The topological polar surface area (TPSA) is 44.1 Å². The minimum Gasteiger partial charge on any atom is -0.364 e. The first kappa shape index (κ1) is 11.7. The Morgan fingerprint density at radius 1 is 1.28 bits per heavy atom. The van der Waals surface area contributed by atoms with Crippen molar-refractivity contribution in [1.29, 1.82) is 5.26 Å². The lowest BCUT2D eigenvalue weighted by Crippen LogP contribution is -2.43. The molecule has 0 spiro atoms. The number of hydrogen-bond donors (Lipinski definition) is 0. The fraction of sp³-hybridized carbons (Fsp3) is 0.429. The normalized spacial score (nSPS) is 26.2. The number of nitriles is 1. The van der Waals surface area contributed by atoms with Crippen LogP contribution in [0.1, 0.15) is 31.2 Å². The highest BCUT2D eigenvalue weighted by molar-refractivity contribution is 9.10. The Morgan fingerprint density at radius 3 is 2.56 bits per heavy atom. The number of piperidine rings is 1. The maximum absolute atomic E-state index is 11.6. The highest BCUT2D eigenvalue weighted by Crippen LogP contribution is 2.39. The molecule has 0 aliphatic carbocycles. The molecule has 2 atom stereocenters.